The molecule has 2 aromatic carbocycles. The number of hydrogen-bond donors (Lipinski definition) is 3. The van der Waals surface area contributed by atoms with E-state index in [0.717, 1.165) is 5.56 Å². The second-order valence-corrected chi connectivity index (χ2v) is 6.49. The lowest BCUT2D eigenvalue weighted by atomic mass is 10.1. The molecule has 1 atom stereocenters. The van der Waals surface area contributed by atoms with Crippen molar-refractivity contribution in [3.63, 3.8) is 0 Å². The summed E-state index contributed by atoms with van der Waals surface area (Å²) in [7, 11) is 0. The van der Waals surface area contributed by atoms with Gasteiger partial charge < -0.3 is 20.7 Å². The summed E-state index contributed by atoms with van der Waals surface area (Å²) in [6.45, 7) is 7.98. The third kappa shape index (κ3) is 8.56. The van der Waals surface area contributed by atoms with E-state index in [1.807, 2.05) is 32.9 Å². The van der Waals surface area contributed by atoms with Crippen LogP contribution in [0.4, 0.5) is 4.39 Å². The highest BCUT2D eigenvalue weighted by Gasteiger charge is 2.09. The molecule has 0 spiro atoms. The summed E-state index contributed by atoms with van der Waals surface area (Å²) >= 11 is 0. The van der Waals surface area contributed by atoms with Gasteiger partial charge in [0.1, 0.15) is 6.10 Å². The average molecular weight is 528 g/mol. The normalized spacial score (nSPS) is 11.8. The van der Waals surface area contributed by atoms with Crippen LogP contribution < -0.4 is 20.7 Å². The van der Waals surface area contributed by atoms with Crippen LogP contribution in [-0.2, 0) is 6.54 Å². The van der Waals surface area contributed by atoms with Gasteiger partial charge in [0.25, 0.3) is 5.91 Å². The molecule has 0 aliphatic carbocycles. The molecule has 8 heteroatoms. The molecule has 30 heavy (non-hydrogen) atoms. The van der Waals surface area contributed by atoms with Crippen LogP contribution in [0.15, 0.2) is 53.5 Å². The van der Waals surface area contributed by atoms with E-state index in [9.17, 15) is 9.18 Å². The number of rotatable bonds is 9. The van der Waals surface area contributed by atoms with E-state index in [1.165, 1.54) is 6.07 Å². The SMILES string of the molecule is CCNC(=O)c1ccc(CN=C(NCC)NCC(C)Oc2ccccc2F)cc1.I. The molecule has 1 amide bonds. The maximum atomic E-state index is 13.7. The van der Waals surface area contributed by atoms with E-state index in [4.69, 9.17) is 4.74 Å². The highest BCUT2D eigenvalue weighted by atomic mass is 127. The number of benzene rings is 2. The predicted molar refractivity (Wildman–Crippen MR) is 129 cm³/mol. The fourth-order valence-corrected chi connectivity index (χ4v) is 2.58. The zero-order chi connectivity index (χ0) is 21.1. The monoisotopic (exact) mass is 528 g/mol. The first kappa shape index (κ1) is 25.7. The van der Waals surface area contributed by atoms with Crippen LogP contribution in [0.5, 0.6) is 5.75 Å². The van der Waals surface area contributed by atoms with Gasteiger partial charge in [0, 0.05) is 18.7 Å². The molecule has 0 saturated heterocycles. The zero-order valence-electron chi connectivity index (χ0n) is 17.6. The van der Waals surface area contributed by atoms with Crippen LogP contribution in [-0.4, -0.2) is 37.6 Å². The van der Waals surface area contributed by atoms with Gasteiger partial charge in [0.05, 0.1) is 13.1 Å². The van der Waals surface area contributed by atoms with E-state index >= 15 is 0 Å². The van der Waals surface area contributed by atoms with Gasteiger partial charge in [0.2, 0.25) is 0 Å². The van der Waals surface area contributed by atoms with Crippen molar-refractivity contribution in [1.29, 1.82) is 0 Å². The fourth-order valence-electron chi connectivity index (χ4n) is 2.58. The number of carbonyl (C=O) groups excluding carboxylic acids is 1. The Labute approximate surface area is 194 Å². The van der Waals surface area contributed by atoms with Crippen molar-refractivity contribution in [2.45, 2.75) is 33.4 Å². The standard InChI is InChI=1S/C22H29FN4O2.HI/c1-4-24-21(28)18-12-10-17(11-13-18)15-27-22(25-5-2)26-14-16(3)29-20-9-7-6-8-19(20)23;/h6-13,16H,4-5,14-15H2,1-3H3,(H,24,28)(H2,25,26,27);1H. The molecule has 0 radical (unpaired) electrons. The number of hydrogen-bond acceptors (Lipinski definition) is 3. The van der Waals surface area contributed by atoms with Gasteiger partial charge in [0.15, 0.2) is 17.5 Å². The van der Waals surface area contributed by atoms with Crippen molar-refractivity contribution < 1.29 is 13.9 Å². The molecule has 2 aromatic rings. The number of nitrogens with one attached hydrogen (secondary N) is 3. The number of amides is 1. The lowest BCUT2D eigenvalue weighted by Crippen LogP contribution is -2.41. The predicted octanol–water partition coefficient (Wildman–Crippen LogP) is 3.72. The Morgan fingerprint density at radius 3 is 2.33 bits per heavy atom. The van der Waals surface area contributed by atoms with Crippen LogP contribution in [0.2, 0.25) is 0 Å². The maximum absolute atomic E-state index is 13.7. The van der Waals surface area contributed by atoms with Crippen molar-refractivity contribution in [2.75, 3.05) is 19.6 Å². The third-order valence-electron chi connectivity index (χ3n) is 4.04. The van der Waals surface area contributed by atoms with Gasteiger partial charge in [-0.1, -0.05) is 24.3 Å². The first-order valence-electron chi connectivity index (χ1n) is 9.84. The summed E-state index contributed by atoms with van der Waals surface area (Å²) in [5.74, 6) is 0.414. The molecule has 0 saturated carbocycles. The summed E-state index contributed by atoms with van der Waals surface area (Å²) in [4.78, 5) is 16.4. The number of guanidine groups is 1. The minimum absolute atomic E-state index is 0. The van der Waals surface area contributed by atoms with Crippen LogP contribution in [0.3, 0.4) is 0 Å². The van der Waals surface area contributed by atoms with E-state index in [1.54, 1.807) is 30.3 Å². The molecule has 6 nitrogen and oxygen atoms in total. The molecule has 0 aliphatic rings. The summed E-state index contributed by atoms with van der Waals surface area (Å²) in [6.07, 6.45) is -0.243. The Kier molecular flexibility index (Phi) is 11.8. The summed E-state index contributed by atoms with van der Waals surface area (Å²) in [6, 6.07) is 13.7. The number of nitrogens with zero attached hydrogens (tertiary/aromatic N) is 1. The minimum atomic E-state index is -0.379. The summed E-state index contributed by atoms with van der Waals surface area (Å²) in [5.41, 5.74) is 1.62. The van der Waals surface area contributed by atoms with Gasteiger partial charge in [-0.15, -0.1) is 24.0 Å². The molecule has 164 valence electrons. The van der Waals surface area contributed by atoms with Crippen LogP contribution >= 0.6 is 24.0 Å². The molecular formula is C22H30FIN4O2. The van der Waals surface area contributed by atoms with Gasteiger partial charge >= 0.3 is 0 Å². The number of ether oxygens (including phenoxy) is 1. The maximum Gasteiger partial charge on any atom is 0.251 e. The van der Waals surface area contributed by atoms with Gasteiger partial charge in [-0.05, 0) is 50.6 Å². The molecule has 3 N–H and O–H groups in total. The quantitative estimate of drug-likeness (QED) is 0.264. The van der Waals surface area contributed by atoms with Crippen molar-refractivity contribution >= 4 is 35.8 Å². The second-order valence-electron chi connectivity index (χ2n) is 6.49. The van der Waals surface area contributed by atoms with Crippen molar-refractivity contribution in [3.8, 4) is 5.75 Å². The highest BCUT2D eigenvalue weighted by molar-refractivity contribution is 14.0. The number of halogens is 2. The third-order valence-corrected chi connectivity index (χ3v) is 4.04. The Balaban J connectivity index is 0.00000450. The molecule has 2 rings (SSSR count). The summed E-state index contributed by atoms with van der Waals surface area (Å²) < 4.78 is 19.3. The minimum Gasteiger partial charge on any atom is -0.486 e. The van der Waals surface area contributed by atoms with Crippen molar-refractivity contribution in [1.82, 2.24) is 16.0 Å². The fraction of sp³-hybridized carbons (Fsp3) is 0.364. The lowest BCUT2D eigenvalue weighted by molar-refractivity contribution is 0.0956. The molecule has 0 heterocycles. The molecular weight excluding hydrogens is 498 g/mol. The topological polar surface area (TPSA) is 74.8 Å². The average Bonchev–Trinajstić information content (AvgIpc) is 2.72. The molecule has 1 unspecified atom stereocenters. The van der Waals surface area contributed by atoms with Crippen molar-refractivity contribution in [2.24, 2.45) is 4.99 Å². The second kappa shape index (κ2) is 13.8. The Bertz CT molecular complexity index is 815. The summed E-state index contributed by atoms with van der Waals surface area (Å²) in [5, 5.41) is 9.15. The first-order chi connectivity index (χ1) is 14.0. The molecule has 0 fully saturated rings. The van der Waals surface area contributed by atoms with E-state index in [0.29, 0.717) is 37.7 Å². The van der Waals surface area contributed by atoms with Gasteiger partial charge in [-0.2, -0.15) is 0 Å². The molecule has 0 bridgehead atoms. The van der Waals surface area contributed by atoms with E-state index < -0.39 is 0 Å². The first-order valence-corrected chi connectivity index (χ1v) is 9.84. The van der Waals surface area contributed by atoms with Crippen molar-refractivity contribution in [3.05, 3.63) is 65.5 Å². The van der Waals surface area contributed by atoms with Crippen LogP contribution in [0.25, 0.3) is 0 Å². The Morgan fingerprint density at radius 1 is 1.03 bits per heavy atom. The van der Waals surface area contributed by atoms with Crippen LogP contribution in [0.1, 0.15) is 36.7 Å². The highest BCUT2D eigenvalue weighted by Crippen LogP contribution is 2.16. The molecule has 0 aliphatic heterocycles. The van der Waals surface area contributed by atoms with Gasteiger partial charge in [-0.3, -0.25) is 4.79 Å². The molecule has 0 aromatic heterocycles. The Morgan fingerprint density at radius 2 is 1.70 bits per heavy atom. The number of aliphatic imine (C=N–C) groups is 1. The van der Waals surface area contributed by atoms with E-state index in [-0.39, 0.29) is 47.6 Å². The Hall–Kier alpha value is -2.36. The van der Waals surface area contributed by atoms with E-state index in [2.05, 4.69) is 20.9 Å². The van der Waals surface area contributed by atoms with Crippen LogP contribution in [0, 0.1) is 5.82 Å². The lowest BCUT2D eigenvalue weighted by Gasteiger charge is -2.18. The largest absolute Gasteiger partial charge is 0.486 e. The smallest absolute Gasteiger partial charge is 0.251 e. The zero-order valence-corrected chi connectivity index (χ0v) is 19.9. The number of para-hydroxylation sites is 1. The van der Waals surface area contributed by atoms with Gasteiger partial charge in [-0.25, -0.2) is 9.38 Å². The number of carbonyl (C=O) groups is 1.